The van der Waals surface area contributed by atoms with E-state index in [1.165, 1.54) is 11.1 Å². The number of likely N-dealkylation sites (tertiary alicyclic amines) is 1. The standard InChI is InChI=1S/C16H20N2O2/c1-16(2,3)20-15(19)18-10-12(11-18)13-7-9-17-8-5-4-6-14(13)17/h4-9,12H,10-11H2,1-3H3. The van der Waals surface area contributed by atoms with Gasteiger partial charge in [0.05, 0.1) is 0 Å². The lowest BCUT2D eigenvalue weighted by Crippen LogP contribution is -2.50. The van der Waals surface area contributed by atoms with Crippen LogP contribution in [0.25, 0.3) is 5.52 Å². The summed E-state index contributed by atoms with van der Waals surface area (Å²) in [6.45, 7) is 7.16. The molecule has 3 heterocycles. The summed E-state index contributed by atoms with van der Waals surface area (Å²) in [5.74, 6) is 0.412. The number of nitrogens with zero attached hydrogens (tertiary/aromatic N) is 2. The molecule has 1 amide bonds. The first-order valence-corrected chi connectivity index (χ1v) is 6.97. The summed E-state index contributed by atoms with van der Waals surface area (Å²) in [4.78, 5) is 13.7. The quantitative estimate of drug-likeness (QED) is 0.798. The topological polar surface area (TPSA) is 34.0 Å². The van der Waals surface area contributed by atoms with Crippen molar-refractivity contribution in [1.29, 1.82) is 0 Å². The minimum atomic E-state index is -0.426. The van der Waals surface area contributed by atoms with Crippen LogP contribution in [0.4, 0.5) is 4.79 Å². The smallest absolute Gasteiger partial charge is 0.410 e. The van der Waals surface area contributed by atoms with Crippen molar-refractivity contribution in [2.75, 3.05) is 13.1 Å². The van der Waals surface area contributed by atoms with Crippen molar-refractivity contribution >= 4 is 11.6 Å². The molecule has 2 aromatic rings. The molecule has 3 rings (SSSR count). The predicted molar refractivity (Wildman–Crippen MR) is 77.9 cm³/mol. The van der Waals surface area contributed by atoms with Gasteiger partial charge in [-0.05, 0) is 44.5 Å². The van der Waals surface area contributed by atoms with Gasteiger partial charge in [-0.2, -0.15) is 0 Å². The van der Waals surface area contributed by atoms with Crippen LogP contribution in [0.1, 0.15) is 32.3 Å². The Morgan fingerprint density at radius 3 is 2.65 bits per heavy atom. The van der Waals surface area contributed by atoms with Crippen LogP contribution in [0, 0.1) is 0 Å². The Labute approximate surface area is 118 Å². The highest BCUT2D eigenvalue weighted by Crippen LogP contribution is 2.31. The van der Waals surface area contributed by atoms with Crippen molar-refractivity contribution in [2.45, 2.75) is 32.3 Å². The number of rotatable bonds is 1. The number of carbonyl (C=O) groups is 1. The highest BCUT2D eigenvalue weighted by molar-refractivity contribution is 5.70. The van der Waals surface area contributed by atoms with Crippen LogP contribution in [-0.4, -0.2) is 34.1 Å². The average Bonchev–Trinajstić information content (AvgIpc) is 2.69. The van der Waals surface area contributed by atoms with E-state index in [1.54, 1.807) is 4.90 Å². The molecule has 4 nitrogen and oxygen atoms in total. The fourth-order valence-corrected chi connectivity index (χ4v) is 2.57. The lowest BCUT2D eigenvalue weighted by atomic mass is 9.92. The average molecular weight is 272 g/mol. The first-order valence-electron chi connectivity index (χ1n) is 6.97. The van der Waals surface area contributed by atoms with Crippen molar-refractivity contribution in [3.05, 3.63) is 42.2 Å². The first-order chi connectivity index (χ1) is 9.44. The van der Waals surface area contributed by atoms with Crippen molar-refractivity contribution in [2.24, 2.45) is 0 Å². The molecule has 0 spiro atoms. The Kier molecular flexibility index (Phi) is 2.96. The molecule has 1 aliphatic heterocycles. The molecule has 0 aliphatic carbocycles. The number of fused-ring (bicyclic) bond motifs is 1. The lowest BCUT2D eigenvalue weighted by Gasteiger charge is -2.39. The third-order valence-corrected chi connectivity index (χ3v) is 3.57. The maximum atomic E-state index is 11.9. The second-order valence-electron chi connectivity index (χ2n) is 6.35. The van der Waals surface area contributed by atoms with Crippen LogP contribution in [0.3, 0.4) is 0 Å². The van der Waals surface area contributed by atoms with E-state index in [1.807, 2.05) is 39.1 Å². The number of carbonyl (C=O) groups excluding carboxylic acids is 1. The van der Waals surface area contributed by atoms with Gasteiger partial charge in [0.1, 0.15) is 5.60 Å². The fraction of sp³-hybridized carbons (Fsp3) is 0.438. The minimum Gasteiger partial charge on any atom is -0.444 e. The highest BCUT2D eigenvalue weighted by Gasteiger charge is 2.35. The SMILES string of the molecule is CC(C)(C)OC(=O)N1CC(c2ccn3ccccc23)C1. The molecular formula is C16H20N2O2. The maximum absolute atomic E-state index is 11.9. The Bertz CT molecular complexity index is 633. The zero-order valence-electron chi connectivity index (χ0n) is 12.2. The first kappa shape index (κ1) is 13.0. The third kappa shape index (κ3) is 2.38. The van der Waals surface area contributed by atoms with Gasteiger partial charge in [0, 0.05) is 36.9 Å². The minimum absolute atomic E-state index is 0.211. The van der Waals surface area contributed by atoms with Gasteiger partial charge in [0.25, 0.3) is 0 Å². The van der Waals surface area contributed by atoms with Gasteiger partial charge in [-0.3, -0.25) is 0 Å². The zero-order valence-corrected chi connectivity index (χ0v) is 12.2. The summed E-state index contributed by atoms with van der Waals surface area (Å²) in [7, 11) is 0. The number of pyridine rings is 1. The molecule has 20 heavy (non-hydrogen) atoms. The molecule has 0 bridgehead atoms. The van der Waals surface area contributed by atoms with E-state index >= 15 is 0 Å². The highest BCUT2D eigenvalue weighted by atomic mass is 16.6. The summed E-state index contributed by atoms with van der Waals surface area (Å²) < 4.78 is 7.49. The molecule has 4 heteroatoms. The van der Waals surface area contributed by atoms with Crippen molar-refractivity contribution in [3.8, 4) is 0 Å². The second-order valence-corrected chi connectivity index (χ2v) is 6.35. The molecule has 106 valence electrons. The fourth-order valence-electron chi connectivity index (χ4n) is 2.57. The molecular weight excluding hydrogens is 252 g/mol. The van der Waals surface area contributed by atoms with E-state index in [4.69, 9.17) is 4.74 Å². The molecule has 1 saturated heterocycles. The van der Waals surface area contributed by atoms with E-state index < -0.39 is 5.60 Å². The maximum Gasteiger partial charge on any atom is 0.410 e. The molecule has 0 radical (unpaired) electrons. The number of hydrogen-bond acceptors (Lipinski definition) is 2. The van der Waals surface area contributed by atoms with Crippen LogP contribution in [0.15, 0.2) is 36.7 Å². The van der Waals surface area contributed by atoms with Gasteiger partial charge in [-0.15, -0.1) is 0 Å². The molecule has 1 aliphatic rings. The largest absolute Gasteiger partial charge is 0.444 e. The summed E-state index contributed by atoms with van der Waals surface area (Å²) >= 11 is 0. The van der Waals surface area contributed by atoms with Gasteiger partial charge < -0.3 is 14.0 Å². The summed E-state index contributed by atoms with van der Waals surface area (Å²) in [5, 5.41) is 0. The third-order valence-electron chi connectivity index (χ3n) is 3.57. The van der Waals surface area contributed by atoms with Crippen molar-refractivity contribution < 1.29 is 9.53 Å². The number of aromatic nitrogens is 1. The van der Waals surface area contributed by atoms with E-state index in [0.29, 0.717) is 5.92 Å². The molecule has 0 saturated carbocycles. The Balaban J connectivity index is 1.67. The van der Waals surface area contributed by atoms with Crippen LogP contribution in [0.2, 0.25) is 0 Å². The van der Waals surface area contributed by atoms with Crippen LogP contribution in [-0.2, 0) is 4.74 Å². The van der Waals surface area contributed by atoms with E-state index in [2.05, 4.69) is 22.7 Å². The van der Waals surface area contributed by atoms with E-state index in [9.17, 15) is 4.79 Å². The monoisotopic (exact) mass is 272 g/mol. The number of hydrogen-bond donors (Lipinski definition) is 0. The summed E-state index contributed by atoms with van der Waals surface area (Å²) in [5.41, 5.74) is 2.11. The van der Waals surface area contributed by atoms with Crippen LogP contribution < -0.4 is 0 Å². The molecule has 2 aromatic heterocycles. The summed E-state index contributed by atoms with van der Waals surface area (Å²) in [6, 6.07) is 8.32. The molecule has 0 aromatic carbocycles. The second kappa shape index (κ2) is 4.54. The summed E-state index contributed by atoms with van der Waals surface area (Å²) in [6.07, 6.45) is 3.90. The van der Waals surface area contributed by atoms with E-state index in [-0.39, 0.29) is 6.09 Å². The molecule has 0 unspecified atom stereocenters. The predicted octanol–water partition coefficient (Wildman–Crippen LogP) is 3.27. The van der Waals surface area contributed by atoms with Crippen molar-refractivity contribution in [1.82, 2.24) is 9.30 Å². The molecule has 0 N–H and O–H groups in total. The normalized spacial score (nSPS) is 16.2. The Morgan fingerprint density at radius 2 is 1.95 bits per heavy atom. The van der Waals surface area contributed by atoms with Gasteiger partial charge in [-0.25, -0.2) is 4.79 Å². The molecule has 0 atom stereocenters. The Hall–Kier alpha value is -1.97. The zero-order chi connectivity index (χ0) is 14.3. The van der Waals surface area contributed by atoms with E-state index in [0.717, 1.165) is 13.1 Å². The van der Waals surface area contributed by atoms with Crippen LogP contribution in [0.5, 0.6) is 0 Å². The van der Waals surface area contributed by atoms with Crippen LogP contribution >= 0.6 is 0 Å². The lowest BCUT2D eigenvalue weighted by molar-refractivity contribution is 0.00830. The van der Waals surface area contributed by atoms with Gasteiger partial charge in [0.2, 0.25) is 0 Å². The Morgan fingerprint density at radius 1 is 1.20 bits per heavy atom. The number of ether oxygens (including phenoxy) is 1. The van der Waals surface area contributed by atoms with Gasteiger partial charge in [-0.1, -0.05) is 6.07 Å². The number of amides is 1. The van der Waals surface area contributed by atoms with Gasteiger partial charge in [0.15, 0.2) is 0 Å². The molecule has 1 fully saturated rings. The van der Waals surface area contributed by atoms with Gasteiger partial charge >= 0.3 is 6.09 Å². The van der Waals surface area contributed by atoms with Crippen molar-refractivity contribution in [3.63, 3.8) is 0 Å².